The van der Waals surface area contributed by atoms with E-state index in [-0.39, 0.29) is 18.3 Å². The Morgan fingerprint density at radius 3 is 2.32 bits per heavy atom. The first kappa shape index (κ1) is 22.9. The highest BCUT2D eigenvalue weighted by molar-refractivity contribution is 6.03. The third-order valence-electron chi connectivity index (χ3n) is 6.63. The van der Waals surface area contributed by atoms with Gasteiger partial charge in [-0.2, -0.15) is 0 Å². The summed E-state index contributed by atoms with van der Waals surface area (Å²) in [5, 5.41) is 10.2. The minimum atomic E-state index is -1.52. The number of aliphatic carboxylic acids is 1. The van der Waals surface area contributed by atoms with Crippen LogP contribution < -0.4 is 9.47 Å². The van der Waals surface area contributed by atoms with Crippen LogP contribution in [0.5, 0.6) is 11.5 Å². The fourth-order valence-electron chi connectivity index (χ4n) is 4.81. The standard InChI is InChI=1S/C26H32O5/c1-4-26(18(2)27,25(28)29)22(16-19-10-6-5-7-11-19)20-14-15-23(30-3)24(17-20)31-21-12-8-9-13-21/h5-7,10-11,14-15,17,21-22H,4,8-9,12-13,16H2,1-3H3,(H,28,29). The Balaban J connectivity index is 2.09. The summed E-state index contributed by atoms with van der Waals surface area (Å²) in [5.74, 6) is -0.722. The van der Waals surface area contributed by atoms with Gasteiger partial charge in [-0.1, -0.05) is 43.3 Å². The molecule has 1 fully saturated rings. The summed E-state index contributed by atoms with van der Waals surface area (Å²) in [6, 6.07) is 15.3. The van der Waals surface area contributed by atoms with Gasteiger partial charge in [-0.15, -0.1) is 0 Å². The van der Waals surface area contributed by atoms with E-state index in [2.05, 4.69) is 0 Å². The molecule has 5 heteroatoms. The molecule has 0 radical (unpaired) electrons. The third-order valence-corrected chi connectivity index (χ3v) is 6.63. The lowest BCUT2D eigenvalue weighted by atomic mass is 9.65. The summed E-state index contributed by atoms with van der Waals surface area (Å²) in [7, 11) is 1.60. The SMILES string of the molecule is CCC(C(C)=O)(C(=O)O)C(Cc1ccccc1)c1ccc(OC)c(OC2CCCC2)c1. The average Bonchev–Trinajstić information content (AvgIpc) is 3.27. The maximum atomic E-state index is 12.8. The average molecular weight is 425 g/mol. The fraction of sp³-hybridized carbons (Fsp3) is 0.462. The molecule has 1 aliphatic carbocycles. The smallest absolute Gasteiger partial charge is 0.317 e. The molecule has 0 spiro atoms. The normalized spacial score (nSPS) is 17.0. The molecule has 0 saturated heterocycles. The van der Waals surface area contributed by atoms with Crippen molar-refractivity contribution in [2.24, 2.45) is 5.41 Å². The second-order valence-electron chi connectivity index (χ2n) is 8.36. The van der Waals surface area contributed by atoms with Gasteiger partial charge in [0.05, 0.1) is 13.2 Å². The molecule has 0 amide bonds. The first-order valence-electron chi connectivity index (χ1n) is 11.0. The second-order valence-corrected chi connectivity index (χ2v) is 8.36. The van der Waals surface area contributed by atoms with Crippen LogP contribution in [0.1, 0.15) is 63.0 Å². The van der Waals surface area contributed by atoms with Gasteiger partial charge >= 0.3 is 5.97 Å². The van der Waals surface area contributed by atoms with Gasteiger partial charge in [-0.3, -0.25) is 9.59 Å². The second kappa shape index (κ2) is 9.99. The van der Waals surface area contributed by atoms with Crippen LogP contribution in [0.15, 0.2) is 48.5 Å². The highest BCUT2D eigenvalue weighted by Gasteiger charge is 2.49. The number of benzene rings is 2. The van der Waals surface area contributed by atoms with E-state index in [4.69, 9.17) is 9.47 Å². The molecule has 5 nitrogen and oxygen atoms in total. The Labute approximate surface area is 184 Å². The number of hydrogen-bond acceptors (Lipinski definition) is 4. The maximum absolute atomic E-state index is 12.8. The molecule has 0 aliphatic heterocycles. The molecular weight excluding hydrogens is 392 g/mol. The Morgan fingerprint density at radius 2 is 1.77 bits per heavy atom. The van der Waals surface area contributed by atoms with Gasteiger partial charge in [0.15, 0.2) is 11.5 Å². The van der Waals surface area contributed by atoms with E-state index in [0.717, 1.165) is 36.8 Å². The highest BCUT2D eigenvalue weighted by atomic mass is 16.5. The third kappa shape index (κ3) is 4.76. The van der Waals surface area contributed by atoms with Crippen molar-refractivity contribution in [3.8, 4) is 11.5 Å². The van der Waals surface area contributed by atoms with E-state index >= 15 is 0 Å². The summed E-state index contributed by atoms with van der Waals surface area (Å²) in [4.78, 5) is 25.3. The fourth-order valence-corrected chi connectivity index (χ4v) is 4.81. The molecule has 2 aromatic carbocycles. The number of rotatable bonds is 10. The van der Waals surface area contributed by atoms with Gasteiger partial charge in [0.25, 0.3) is 0 Å². The Morgan fingerprint density at radius 1 is 1.10 bits per heavy atom. The highest BCUT2D eigenvalue weighted by Crippen LogP contribution is 2.45. The number of carboxylic acids is 1. The molecule has 1 aliphatic rings. The van der Waals surface area contributed by atoms with Crippen LogP contribution in [0.25, 0.3) is 0 Å². The zero-order chi connectivity index (χ0) is 22.4. The topological polar surface area (TPSA) is 72.8 Å². The van der Waals surface area contributed by atoms with Crippen LogP contribution in [0, 0.1) is 5.41 Å². The number of ether oxygens (including phenoxy) is 2. The van der Waals surface area contributed by atoms with Gasteiger partial charge in [-0.25, -0.2) is 0 Å². The van der Waals surface area contributed by atoms with Crippen molar-refractivity contribution in [2.75, 3.05) is 7.11 Å². The number of carbonyl (C=O) groups excluding carboxylic acids is 1. The zero-order valence-corrected chi connectivity index (χ0v) is 18.6. The number of carboxylic acid groups (broad SMARTS) is 1. The molecule has 0 bridgehead atoms. The van der Waals surface area contributed by atoms with E-state index in [1.54, 1.807) is 14.0 Å². The number of methoxy groups -OCH3 is 1. The van der Waals surface area contributed by atoms with Crippen molar-refractivity contribution in [3.05, 3.63) is 59.7 Å². The minimum Gasteiger partial charge on any atom is -0.493 e. The van der Waals surface area contributed by atoms with E-state index in [9.17, 15) is 14.7 Å². The molecule has 31 heavy (non-hydrogen) atoms. The molecule has 2 unspecified atom stereocenters. The predicted molar refractivity (Wildman–Crippen MR) is 120 cm³/mol. The number of hydrogen-bond donors (Lipinski definition) is 1. The van der Waals surface area contributed by atoms with Crippen LogP contribution in [0.3, 0.4) is 0 Å². The van der Waals surface area contributed by atoms with E-state index in [0.29, 0.717) is 17.9 Å². The summed E-state index contributed by atoms with van der Waals surface area (Å²) in [5.41, 5.74) is 0.244. The summed E-state index contributed by atoms with van der Waals surface area (Å²) in [6.07, 6.45) is 5.08. The molecule has 0 aromatic heterocycles. The molecule has 2 atom stereocenters. The molecule has 1 saturated carbocycles. The van der Waals surface area contributed by atoms with Gasteiger partial charge in [0, 0.05) is 5.92 Å². The Kier molecular flexibility index (Phi) is 7.37. The summed E-state index contributed by atoms with van der Waals surface area (Å²) >= 11 is 0. The molecule has 2 aromatic rings. The lowest BCUT2D eigenvalue weighted by Gasteiger charge is -2.35. The predicted octanol–water partition coefficient (Wildman–Crippen LogP) is 5.41. The van der Waals surface area contributed by atoms with Crippen molar-refractivity contribution < 1.29 is 24.2 Å². The largest absolute Gasteiger partial charge is 0.493 e. The van der Waals surface area contributed by atoms with Crippen LogP contribution in [0.4, 0.5) is 0 Å². The number of carbonyl (C=O) groups is 2. The van der Waals surface area contributed by atoms with E-state index in [1.807, 2.05) is 48.5 Å². The lowest BCUT2D eigenvalue weighted by molar-refractivity contribution is -0.156. The quantitative estimate of drug-likeness (QED) is 0.516. The number of ketones is 1. The van der Waals surface area contributed by atoms with E-state index in [1.165, 1.54) is 6.92 Å². The van der Waals surface area contributed by atoms with Crippen LogP contribution >= 0.6 is 0 Å². The first-order valence-corrected chi connectivity index (χ1v) is 11.0. The van der Waals surface area contributed by atoms with Crippen molar-refractivity contribution in [1.29, 1.82) is 0 Å². The first-order chi connectivity index (χ1) is 14.9. The summed E-state index contributed by atoms with van der Waals surface area (Å²) < 4.78 is 11.8. The lowest BCUT2D eigenvalue weighted by Crippen LogP contribution is -2.44. The summed E-state index contributed by atoms with van der Waals surface area (Å²) in [6.45, 7) is 3.15. The molecule has 0 heterocycles. The minimum absolute atomic E-state index is 0.139. The van der Waals surface area contributed by atoms with Crippen LogP contribution in [-0.4, -0.2) is 30.1 Å². The van der Waals surface area contributed by atoms with Crippen LogP contribution in [-0.2, 0) is 16.0 Å². The Hall–Kier alpha value is -2.82. The van der Waals surface area contributed by atoms with Crippen molar-refractivity contribution >= 4 is 11.8 Å². The van der Waals surface area contributed by atoms with Gasteiger partial charge in [0.2, 0.25) is 0 Å². The van der Waals surface area contributed by atoms with Gasteiger partial charge in [-0.05, 0) is 68.7 Å². The number of Topliss-reactive ketones (excluding diaryl/α,β-unsaturated/α-hetero) is 1. The molecule has 1 N–H and O–H groups in total. The van der Waals surface area contributed by atoms with Crippen molar-refractivity contribution in [2.45, 2.75) is 64.4 Å². The van der Waals surface area contributed by atoms with Gasteiger partial charge < -0.3 is 14.6 Å². The monoisotopic (exact) mass is 424 g/mol. The molecule has 3 rings (SSSR count). The molecular formula is C26H32O5. The van der Waals surface area contributed by atoms with E-state index < -0.39 is 17.3 Å². The Bertz CT molecular complexity index is 885. The molecule has 166 valence electrons. The van der Waals surface area contributed by atoms with Crippen molar-refractivity contribution in [1.82, 2.24) is 0 Å². The van der Waals surface area contributed by atoms with Crippen molar-refractivity contribution in [3.63, 3.8) is 0 Å². The van der Waals surface area contributed by atoms with Crippen LogP contribution in [0.2, 0.25) is 0 Å². The zero-order valence-electron chi connectivity index (χ0n) is 18.6. The maximum Gasteiger partial charge on any atom is 0.317 e. The van der Waals surface area contributed by atoms with Gasteiger partial charge in [0.1, 0.15) is 11.2 Å².